The second-order valence-electron chi connectivity index (χ2n) is 3.12. The largest absolute Gasteiger partial charge is 0.505 e. The van der Waals surface area contributed by atoms with Crippen LogP contribution in [0, 0.1) is 5.82 Å². The van der Waals surface area contributed by atoms with Crippen molar-refractivity contribution in [1.29, 1.82) is 0 Å². The van der Waals surface area contributed by atoms with Crippen LogP contribution in [0.15, 0.2) is 12.1 Å². The van der Waals surface area contributed by atoms with E-state index in [1.54, 1.807) is 0 Å². The lowest BCUT2D eigenvalue weighted by Crippen LogP contribution is -2.19. The molecule has 1 atom stereocenters. The average Bonchev–Trinajstić information content (AvgIpc) is 2.19. The second kappa shape index (κ2) is 5.50. The third kappa shape index (κ3) is 3.19. The van der Waals surface area contributed by atoms with Crippen molar-refractivity contribution in [1.82, 2.24) is 0 Å². The number of phenols is 1. The number of benzene rings is 1. The molecule has 0 aliphatic rings. The minimum Gasteiger partial charge on any atom is -0.505 e. The Morgan fingerprint density at radius 3 is 2.24 bits per heavy atom. The summed E-state index contributed by atoms with van der Waals surface area (Å²) in [6, 6.07) is -0.848. The SMILES string of the molecule is Cl.N[C@H](CF)c1c(C(F)(F)F)ccc(F)c1O. The fourth-order valence-corrected chi connectivity index (χ4v) is 1.28. The number of halogens is 6. The fourth-order valence-electron chi connectivity index (χ4n) is 1.28. The molecule has 0 aromatic heterocycles. The van der Waals surface area contributed by atoms with Crippen molar-refractivity contribution in [2.75, 3.05) is 6.67 Å². The van der Waals surface area contributed by atoms with Crippen LogP contribution < -0.4 is 5.73 Å². The summed E-state index contributed by atoms with van der Waals surface area (Å²) in [6.07, 6.45) is -4.83. The topological polar surface area (TPSA) is 46.2 Å². The highest BCUT2D eigenvalue weighted by Crippen LogP contribution is 2.39. The minimum absolute atomic E-state index is 0. The van der Waals surface area contributed by atoms with Crippen LogP contribution in [-0.4, -0.2) is 11.8 Å². The molecule has 0 spiro atoms. The van der Waals surface area contributed by atoms with Crippen molar-refractivity contribution in [2.45, 2.75) is 12.2 Å². The summed E-state index contributed by atoms with van der Waals surface area (Å²) >= 11 is 0. The quantitative estimate of drug-likeness (QED) is 0.817. The van der Waals surface area contributed by atoms with Gasteiger partial charge in [0.25, 0.3) is 0 Å². The molecule has 1 aromatic rings. The number of alkyl halides is 4. The van der Waals surface area contributed by atoms with Crippen LogP contribution in [-0.2, 0) is 6.18 Å². The average molecular weight is 278 g/mol. The van der Waals surface area contributed by atoms with Crippen molar-refractivity contribution < 1.29 is 27.1 Å². The molecule has 0 fully saturated rings. The molecule has 17 heavy (non-hydrogen) atoms. The van der Waals surface area contributed by atoms with Gasteiger partial charge < -0.3 is 10.8 Å². The molecule has 1 aromatic carbocycles. The van der Waals surface area contributed by atoms with Gasteiger partial charge in [-0.15, -0.1) is 12.4 Å². The van der Waals surface area contributed by atoms with Crippen LogP contribution in [0.5, 0.6) is 5.75 Å². The monoisotopic (exact) mass is 277 g/mol. The minimum atomic E-state index is -4.83. The molecule has 0 heterocycles. The first-order valence-corrected chi connectivity index (χ1v) is 4.19. The Morgan fingerprint density at radius 1 is 1.29 bits per heavy atom. The van der Waals surface area contributed by atoms with Gasteiger partial charge in [-0.05, 0) is 12.1 Å². The predicted molar refractivity (Wildman–Crippen MR) is 53.2 cm³/mol. The molecular weight excluding hydrogens is 269 g/mol. The number of rotatable bonds is 2. The van der Waals surface area contributed by atoms with E-state index in [1.165, 1.54) is 0 Å². The van der Waals surface area contributed by atoms with Gasteiger partial charge in [0.15, 0.2) is 11.6 Å². The van der Waals surface area contributed by atoms with Gasteiger partial charge in [-0.1, -0.05) is 0 Å². The number of aromatic hydroxyl groups is 1. The van der Waals surface area contributed by atoms with Gasteiger partial charge in [0.05, 0.1) is 11.6 Å². The van der Waals surface area contributed by atoms with Crippen LogP contribution in [0.3, 0.4) is 0 Å². The molecular formula is C9H9ClF5NO. The molecule has 0 saturated carbocycles. The molecule has 0 saturated heterocycles. The summed E-state index contributed by atoms with van der Waals surface area (Å²) in [5.74, 6) is -2.54. The van der Waals surface area contributed by atoms with Crippen molar-refractivity contribution in [3.63, 3.8) is 0 Å². The lowest BCUT2D eigenvalue weighted by atomic mass is 9.99. The predicted octanol–water partition coefficient (Wildman–Crippen LogP) is 2.94. The van der Waals surface area contributed by atoms with Crippen LogP contribution in [0.25, 0.3) is 0 Å². The van der Waals surface area contributed by atoms with E-state index in [0.29, 0.717) is 12.1 Å². The van der Waals surface area contributed by atoms with Crippen molar-refractivity contribution in [3.8, 4) is 5.75 Å². The second-order valence-corrected chi connectivity index (χ2v) is 3.12. The lowest BCUT2D eigenvalue weighted by Gasteiger charge is -2.17. The Kier molecular flexibility index (Phi) is 5.15. The van der Waals surface area contributed by atoms with E-state index in [1.807, 2.05) is 0 Å². The Hall–Kier alpha value is -1.08. The summed E-state index contributed by atoms with van der Waals surface area (Å²) in [5, 5.41) is 9.12. The zero-order chi connectivity index (χ0) is 12.5. The fraction of sp³-hybridized carbons (Fsp3) is 0.333. The third-order valence-corrected chi connectivity index (χ3v) is 2.01. The van der Waals surface area contributed by atoms with E-state index < -0.39 is 41.6 Å². The lowest BCUT2D eigenvalue weighted by molar-refractivity contribution is -0.138. The molecule has 0 amide bonds. The van der Waals surface area contributed by atoms with E-state index in [4.69, 9.17) is 10.8 Å². The van der Waals surface area contributed by atoms with Crippen molar-refractivity contribution in [3.05, 3.63) is 29.1 Å². The molecule has 0 unspecified atom stereocenters. The maximum Gasteiger partial charge on any atom is 0.416 e. The van der Waals surface area contributed by atoms with E-state index in [9.17, 15) is 22.0 Å². The molecule has 98 valence electrons. The van der Waals surface area contributed by atoms with Gasteiger partial charge in [-0.2, -0.15) is 13.2 Å². The van der Waals surface area contributed by atoms with Gasteiger partial charge in [0.2, 0.25) is 0 Å². The van der Waals surface area contributed by atoms with Crippen LogP contribution in [0.4, 0.5) is 22.0 Å². The molecule has 0 aliphatic carbocycles. The molecule has 2 nitrogen and oxygen atoms in total. The van der Waals surface area contributed by atoms with Gasteiger partial charge in [0, 0.05) is 5.56 Å². The molecule has 1 rings (SSSR count). The summed E-state index contributed by atoms with van der Waals surface area (Å²) in [6.45, 7) is -1.33. The zero-order valence-electron chi connectivity index (χ0n) is 8.26. The van der Waals surface area contributed by atoms with Crippen LogP contribution >= 0.6 is 12.4 Å². The maximum absolute atomic E-state index is 12.8. The molecule has 0 aliphatic heterocycles. The maximum atomic E-state index is 12.8. The van der Waals surface area contributed by atoms with E-state index in [2.05, 4.69) is 0 Å². The Labute approximate surface area is 99.6 Å². The number of phenolic OH excluding ortho intramolecular Hbond substituents is 1. The Balaban J connectivity index is 0.00000256. The number of hydrogen-bond acceptors (Lipinski definition) is 2. The first-order valence-electron chi connectivity index (χ1n) is 4.19. The molecule has 0 radical (unpaired) electrons. The van der Waals surface area contributed by atoms with Gasteiger partial charge in [-0.3, -0.25) is 0 Å². The summed E-state index contributed by atoms with van der Waals surface area (Å²) in [4.78, 5) is 0. The smallest absolute Gasteiger partial charge is 0.416 e. The first kappa shape index (κ1) is 15.9. The highest BCUT2D eigenvalue weighted by atomic mass is 35.5. The standard InChI is InChI=1S/C9H8F5NO.ClH/c10-3-6(15)7-4(9(12,13)14)1-2-5(11)8(7)16;/h1-2,6,16H,3,15H2;1H/t6-;/m1./s1. The van der Waals surface area contributed by atoms with E-state index >= 15 is 0 Å². The van der Waals surface area contributed by atoms with Gasteiger partial charge >= 0.3 is 6.18 Å². The summed E-state index contributed by atoms with van der Waals surface area (Å²) < 4.78 is 62.4. The Morgan fingerprint density at radius 2 is 1.82 bits per heavy atom. The van der Waals surface area contributed by atoms with Gasteiger partial charge in [0.1, 0.15) is 6.67 Å². The van der Waals surface area contributed by atoms with Gasteiger partial charge in [-0.25, -0.2) is 8.78 Å². The number of hydrogen-bond donors (Lipinski definition) is 2. The first-order chi connectivity index (χ1) is 7.29. The molecule has 3 N–H and O–H groups in total. The molecule has 8 heteroatoms. The summed E-state index contributed by atoms with van der Waals surface area (Å²) in [5.41, 5.74) is 2.76. The normalized spacial score (nSPS) is 13.1. The van der Waals surface area contributed by atoms with Crippen molar-refractivity contribution >= 4 is 12.4 Å². The highest BCUT2D eigenvalue weighted by Gasteiger charge is 2.37. The van der Waals surface area contributed by atoms with Crippen LogP contribution in [0.1, 0.15) is 17.2 Å². The molecule has 0 bridgehead atoms. The van der Waals surface area contributed by atoms with Crippen LogP contribution in [0.2, 0.25) is 0 Å². The van der Waals surface area contributed by atoms with E-state index in [-0.39, 0.29) is 12.4 Å². The highest BCUT2D eigenvalue weighted by molar-refractivity contribution is 5.85. The Bertz CT molecular complexity index is 396. The summed E-state index contributed by atoms with van der Waals surface area (Å²) in [7, 11) is 0. The zero-order valence-corrected chi connectivity index (χ0v) is 9.08. The number of nitrogens with two attached hydrogens (primary N) is 1. The third-order valence-electron chi connectivity index (χ3n) is 2.01. The van der Waals surface area contributed by atoms with Crippen molar-refractivity contribution in [2.24, 2.45) is 5.73 Å². The van der Waals surface area contributed by atoms with E-state index in [0.717, 1.165) is 0 Å².